The van der Waals surface area contributed by atoms with Gasteiger partial charge >= 0.3 is 6.18 Å². The number of hydrogen-bond acceptors (Lipinski definition) is 3. The molecule has 0 saturated carbocycles. The Balaban J connectivity index is 2.16. The molecule has 0 bridgehead atoms. The van der Waals surface area contributed by atoms with Crippen LogP contribution in [0.25, 0.3) is 0 Å². The molecule has 0 aliphatic carbocycles. The van der Waals surface area contributed by atoms with Crippen molar-refractivity contribution in [2.45, 2.75) is 19.1 Å². The van der Waals surface area contributed by atoms with E-state index < -0.39 is 17.5 Å². The van der Waals surface area contributed by atoms with E-state index in [0.29, 0.717) is 5.56 Å². The highest BCUT2D eigenvalue weighted by molar-refractivity contribution is 5.84. The molecular weight excluding hydrogens is 273 g/mol. The smallest absolute Gasteiger partial charge is 0.340 e. The van der Waals surface area contributed by atoms with E-state index >= 15 is 0 Å². The topological polar surface area (TPSA) is 50.2 Å². The standard InChI is InChI=1S/C12H17F3N4O/c1-18(6-9-5-17-19(2)7-9)10(20)11(12(13,14)15)3-4-16-8-11/h5,7,16H,3-4,6,8H2,1-2H3. The molecule has 1 aromatic rings. The van der Waals surface area contributed by atoms with Crippen LogP contribution in [0.2, 0.25) is 0 Å². The Morgan fingerprint density at radius 1 is 1.60 bits per heavy atom. The highest BCUT2D eigenvalue weighted by atomic mass is 19.4. The van der Waals surface area contributed by atoms with Gasteiger partial charge in [0.25, 0.3) is 0 Å². The Morgan fingerprint density at radius 2 is 2.30 bits per heavy atom. The van der Waals surface area contributed by atoms with Crippen LogP contribution in [-0.4, -0.2) is 46.9 Å². The average Bonchev–Trinajstić information content (AvgIpc) is 2.97. The Kier molecular flexibility index (Phi) is 3.77. The second-order valence-corrected chi connectivity index (χ2v) is 5.19. The molecular formula is C12H17F3N4O. The summed E-state index contributed by atoms with van der Waals surface area (Å²) in [5, 5.41) is 6.58. The fraction of sp³-hybridized carbons (Fsp3) is 0.667. The average molecular weight is 290 g/mol. The van der Waals surface area contributed by atoms with Crippen molar-refractivity contribution in [2.75, 3.05) is 20.1 Å². The van der Waals surface area contributed by atoms with Gasteiger partial charge in [-0.2, -0.15) is 18.3 Å². The summed E-state index contributed by atoms with van der Waals surface area (Å²) in [4.78, 5) is 13.4. The molecule has 1 fully saturated rings. The van der Waals surface area contributed by atoms with Crippen molar-refractivity contribution in [1.82, 2.24) is 20.0 Å². The molecule has 1 amide bonds. The lowest BCUT2D eigenvalue weighted by Gasteiger charge is -2.33. The molecule has 5 nitrogen and oxygen atoms in total. The second kappa shape index (κ2) is 5.08. The first kappa shape index (κ1) is 14.8. The Labute approximate surface area is 114 Å². The van der Waals surface area contributed by atoms with E-state index in [1.807, 2.05) is 0 Å². The first-order valence-corrected chi connectivity index (χ1v) is 6.27. The number of aryl methyl sites for hydroxylation is 1. The molecule has 1 aromatic heterocycles. The van der Waals surface area contributed by atoms with E-state index in [0.717, 1.165) is 4.90 Å². The summed E-state index contributed by atoms with van der Waals surface area (Å²) in [6.07, 6.45) is -1.54. The largest absolute Gasteiger partial charge is 0.404 e. The van der Waals surface area contributed by atoms with Crippen molar-refractivity contribution in [3.63, 3.8) is 0 Å². The number of carbonyl (C=O) groups excluding carboxylic acids is 1. The minimum Gasteiger partial charge on any atom is -0.340 e. The summed E-state index contributed by atoms with van der Waals surface area (Å²) in [6, 6.07) is 0. The molecule has 0 spiro atoms. The third kappa shape index (κ3) is 2.52. The first-order chi connectivity index (χ1) is 9.26. The van der Waals surface area contributed by atoms with E-state index in [4.69, 9.17) is 0 Å². The van der Waals surface area contributed by atoms with Crippen molar-refractivity contribution in [3.05, 3.63) is 18.0 Å². The zero-order valence-corrected chi connectivity index (χ0v) is 11.4. The van der Waals surface area contributed by atoms with Crippen LogP contribution in [0, 0.1) is 5.41 Å². The lowest BCUT2D eigenvalue weighted by molar-refractivity contribution is -0.221. The van der Waals surface area contributed by atoms with Crippen molar-refractivity contribution in [3.8, 4) is 0 Å². The number of hydrogen-bond donors (Lipinski definition) is 1. The number of amides is 1. The summed E-state index contributed by atoms with van der Waals surface area (Å²) in [6.45, 7) is -0.0385. The molecule has 112 valence electrons. The lowest BCUT2D eigenvalue weighted by Crippen LogP contribution is -2.52. The fourth-order valence-corrected chi connectivity index (χ4v) is 2.50. The van der Waals surface area contributed by atoms with E-state index in [9.17, 15) is 18.0 Å². The van der Waals surface area contributed by atoms with Crippen LogP contribution in [0.15, 0.2) is 12.4 Å². The quantitative estimate of drug-likeness (QED) is 0.900. The van der Waals surface area contributed by atoms with E-state index in [1.165, 1.54) is 13.2 Å². The molecule has 20 heavy (non-hydrogen) atoms. The van der Waals surface area contributed by atoms with Gasteiger partial charge in [-0.1, -0.05) is 0 Å². The van der Waals surface area contributed by atoms with Gasteiger partial charge in [0.05, 0.1) is 6.20 Å². The Hall–Kier alpha value is -1.57. The third-order valence-electron chi connectivity index (χ3n) is 3.63. The first-order valence-electron chi connectivity index (χ1n) is 6.27. The van der Waals surface area contributed by atoms with E-state index in [1.54, 1.807) is 17.9 Å². The SMILES string of the molecule is CN(Cc1cnn(C)c1)C(=O)C1(C(F)(F)F)CCNC1. The molecule has 2 rings (SSSR count). The molecule has 1 saturated heterocycles. The maximum absolute atomic E-state index is 13.3. The number of halogens is 3. The molecule has 8 heteroatoms. The highest BCUT2D eigenvalue weighted by Crippen LogP contribution is 2.44. The molecule has 2 heterocycles. The molecule has 1 atom stereocenters. The van der Waals surface area contributed by atoms with Gasteiger partial charge in [0.15, 0.2) is 5.41 Å². The van der Waals surface area contributed by atoms with Crippen LogP contribution in [0.5, 0.6) is 0 Å². The summed E-state index contributed by atoms with van der Waals surface area (Å²) in [5.74, 6) is -0.890. The highest BCUT2D eigenvalue weighted by Gasteiger charge is 2.62. The van der Waals surface area contributed by atoms with Crippen molar-refractivity contribution in [2.24, 2.45) is 12.5 Å². The molecule has 1 unspecified atom stereocenters. The maximum atomic E-state index is 13.3. The van der Waals surface area contributed by atoms with Gasteiger partial charge < -0.3 is 10.2 Å². The van der Waals surface area contributed by atoms with Gasteiger partial charge in [-0.15, -0.1) is 0 Å². The molecule has 1 N–H and O–H groups in total. The van der Waals surface area contributed by atoms with Crippen LogP contribution in [-0.2, 0) is 18.4 Å². The minimum atomic E-state index is -4.54. The number of rotatable bonds is 3. The summed E-state index contributed by atoms with van der Waals surface area (Å²) in [7, 11) is 3.10. The van der Waals surface area contributed by atoms with Gasteiger partial charge in [0, 0.05) is 38.9 Å². The summed E-state index contributed by atoms with van der Waals surface area (Å²) >= 11 is 0. The second-order valence-electron chi connectivity index (χ2n) is 5.19. The Bertz CT molecular complexity index is 491. The van der Waals surface area contributed by atoms with Gasteiger partial charge in [-0.05, 0) is 13.0 Å². The predicted octanol–water partition coefficient (Wildman–Crippen LogP) is 0.921. The number of aromatic nitrogens is 2. The number of carbonyl (C=O) groups is 1. The normalized spacial score (nSPS) is 23.1. The van der Waals surface area contributed by atoms with Gasteiger partial charge in [0.1, 0.15) is 0 Å². The maximum Gasteiger partial charge on any atom is 0.404 e. The van der Waals surface area contributed by atoms with Crippen LogP contribution in [0.3, 0.4) is 0 Å². The van der Waals surface area contributed by atoms with Crippen molar-refractivity contribution in [1.29, 1.82) is 0 Å². The fourth-order valence-electron chi connectivity index (χ4n) is 2.50. The zero-order chi connectivity index (χ0) is 15.0. The molecule has 0 radical (unpaired) electrons. The van der Waals surface area contributed by atoms with Crippen LogP contribution >= 0.6 is 0 Å². The summed E-state index contributed by atoms with van der Waals surface area (Å²) < 4.78 is 41.3. The monoisotopic (exact) mass is 290 g/mol. The van der Waals surface area contributed by atoms with E-state index in [-0.39, 0.29) is 26.1 Å². The van der Waals surface area contributed by atoms with Crippen LogP contribution in [0.4, 0.5) is 13.2 Å². The molecule has 0 aromatic carbocycles. The summed E-state index contributed by atoms with van der Waals surface area (Å²) in [5.41, 5.74) is -1.60. The number of nitrogens with one attached hydrogen (secondary N) is 1. The van der Waals surface area contributed by atoms with Crippen molar-refractivity contribution >= 4 is 5.91 Å². The third-order valence-corrected chi connectivity index (χ3v) is 3.63. The van der Waals surface area contributed by atoms with Crippen molar-refractivity contribution < 1.29 is 18.0 Å². The van der Waals surface area contributed by atoms with Gasteiger partial charge in [-0.25, -0.2) is 0 Å². The minimum absolute atomic E-state index is 0.116. The lowest BCUT2D eigenvalue weighted by atomic mass is 9.84. The van der Waals surface area contributed by atoms with Crippen LogP contribution < -0.4 is 5.32 Å². The number of nitrogens with zero attached hydrogens (tertiary/aromatic N) is 3. The molecule has 1 aliphatic rings. The van der Waals surface area contributed by atoms with Gasteiger partial charge in [-0.3, -0.25) is 9.48 Å². The van der Waals surface area contributed by atoms with E-state index in [2.05, 4.69) is 10.4 Å². The zero-order valence-electron chi connectivity index (χ0n) is 11.4. The van der Waals surface area contributed by atoms with Crippen LogP contribution in [0.1, 0.15) is 12.0 Å². The molecule has 1 aliphatic heterocycles. The number of alkyl halides is 3. The van der Waals surface area contributed by atoms with Gasteiger partial charge in [0.2, 0.25) is 5.91 Å². The Morgan fingerprint density at radius 3 is 2.75 bits per heavy atom. The predicted molar refractivity (Wildman–Crippen MR) is 65.7 cm³/mol.